The first-order chi connectivity index (χ1) is 13.8. The molecule has 0 saturated carbocycles. The lowest BCUT2D eigenvalue weighted by molar-refractivity contribution is 0.935. The molecule has 4 aromatic carbocycles. The van der Waals surface area contributed by atoms with E-state index < -0.39 is 0 Å². The Hall–Kier alpha value is -3.57. The van der Waals surface area contributed by atoms with E-state index in [1.165, 1.54) is 10.8 Å². The van der Waals surface area contributed by atoms with E-state index in [1.807, 2.05) is 48.5 Å². The fourth-order valence-corrected chi connectivity index (χ4v) is 3.18. The summed E-state index contributed by atoms with van der Waals surface area (Å²) < 4.78 is 0. The van der Waals surface area contributed by atoms with E-state index in [2.05, 4.69) is 57.5 Å². The third kappa shape index (κ3) is 4.05. The first kappa shape index (κ1) is 17.8. The van der Waals surface area contributed by atoms with Crippen LogP contribution >= 0.6 is 12.2 Å². The van der Waals surface area contributed by atoms with Crippen LogP contribution in [0.2, 0.25) is 0 Å². The van der Waals surface area contributed by atoms with Gasteiger partial charge in [0.1, 0.15) is 0 Å². The number of rotatable bonds is 4. The zero-order chi connectivity index (χ0) is 19.2. The van der Waals surface area contributed by atoms with Crippen molar-refractivity contribution in [3.8, 4) is 0 Å². The van der Waals surface area contributed by atoms with Crippen molar-refractivity contribution < 1.29 is 0 Å². The molecule has 4 nitrogen and oxygen atoms in total. The maximum atomic E-state index is 5.23. The maximum Gasteiger partial charge on any atom is 0.207 e. The van der Waals surface area contributed by atoms with Crippen LogP contribution < -0.4 is 10.9 Å². The van der Waals surface area contributed by atoms with E-state index in [-0.39, 0.29) is 0 Å². The Morgan fingerprint density at radius 3 is 1.54 bits per heavy atom. The van der Waals surface area contributed by atoms with Gasteiger partial charge in [0.15, 0.2) is 0 Å². The van der Waals surface area contributed by atoms with E-state index in [0.717, 1.165) is 21.9 Å². The summed E-state index contributed by atoms with van der Waals surface area (Å²) >= 11 is 5.23. The van der Waals surface area contributed by atoms with Gasteiger partial charge < -0.3 is 0 Å². The molecule has 0 amide bonds. The first-order valence-corrected chi connectivity index (χ1v) is 9.30. The van der Waals surface area contributed by atoms with E-state index in [9.17, 15) is 0 Å². The second kappa shape index (κ2) is 8.41. The molecule has 0 aliphatic rings. The highest BCUT2D eigenvalue weighted by Gasteiger charge is 1.98. The van der Waals surface area contributed by atoms with Gasteiger partial charge in [0, 0.05) is 11.1 Å². The summed E-state index contributed by atoms with van der Waals surface area (Å²) in [5, 5.41) is 13.4. The van der Waals surface area contributed by atoms with Crippen molar-refractivity contribution in [2.45, 2.75) is 0 Å². The van der Waals surface area contributed by atoms with Crippen LogP contribution in [0.3, 0.4) is 0 Å². The van der Waals surface area contributed by atoms with Crippen LogP contribution in [0.15, 0.2) is 95.1 Å². The summed E-state index contributed by atoms with van der Waals surface area (Å²) in [6.07, 6.45) is 3.51. The SMILES string of the molecule is S=C(N/N=C\c1cccc2ccccc12)N/N=C/c1cccc2ccccc12. The van der Waals surface area contributed by atoms with Crippen LogP contribution in [0.4, 0.5) is 0 Å². The summed E-state index contributed by atoms with van der Waals surface area (Å²) in [5.41, 5.74) is 7.63. The third-order valence-corrected chi connectivity index (χ3v) is 4.57. The number of nitrogens with zero attached hydrogens (tertiary/aromatic N) is 2. The average Bonchev–Trinajstić information content (AvgIpc) is 2.74. The van der Waals surface area contributed by atoms with Crippen molar-refractivity contribution in [3.63, 3.8) is 0 Å². The Labute approximate surface area is 168 Å². The highest BCUT2D eigenvalue weighted by atomic mass is 32.1. The molecule has 0 aliphatic heterocycles. The molecule has 5 heteroatoms. The summed E-state index contributed by atoms with van der Waals surface area (Å²) in [6.45, 7) is 0. The van der Waals surface area contributed by atoms with Gasteiger partial charge >= 0.3 is 0 Å². The molecule has 0 saturated heterocycles. The highest BCUT2D eigenvalue weighted by molar-refractivity contribution is 7.80. The topological polar surface area (TPSA) is 48.8 Å². The van der Waals surface area contributed by atoms with Crippen LogP contribution in [0.5, 0.6) is 0 Å². The molecule has 28 heavy (non-hydrogen) atoms. The lowest BCUT2D eigenvalue weighted by Gasteiger charge is -2.04. The number of thiocarbonyl (C=S) groups is 1. The Morgan fingerprint density at radius 1 is 0.607 bits per heavy atom. The first-order valence-electron chi connectivity index (χ1n) is 8.89. The molecule has 0 aromatic heterocycles. The summed E-state index contributed by atoms with van der Waals surface area (Å²) in [4.78, 5) is 0. The van der Waals surface area contributed by atoms with Crippen LogP contribution in [0.1, 0.15) is 11.1 Å². The summed E-state index contributed by atoms with van der Waals surface area (Å²) in [5.74, 6) is 0. The minimum Gasteiger partial charge on any atom is -0.252 e. The number of benzene rings is 4. The van der Waals surface area contributed by atoms with Crippen molar-refractivity contribution in [2.24, 2.45) is 10.2 Å². The number of fused-ring (bicyclic) bond motifs is 2. The van der Waals surface area contributed by atoms with Crippen LogP contribution in [-0.2, 0) is 0 Å². The summed E-state index contributed by atoms with van der Waals surface area (Å²) in [6, 6.07) is 28.6. The minimum absolute atomic E-state index is 0.327. The Morgan fingerprint density at radius 2 is 1.04 bits per heavy atom. The van der Waals surface area contributed by atoms with Crippen LogP contribution in [0, 0.1) is 0 Å². The van der Waals surface area contributed by atoms with Crippen molar-refractivity contribution in [2.75, 3.05) is 0 Å². The lowest BCUT2D eigenvalue weighted by Crippen LogP contribution is -2.28. The largest absolute Gasteiger partial charge is 0.252 e. The van der Waals surface area contributed by atoms with Crippen molar-refractivity contribution >= 4 is 51.3 Å². The van der Waals surface area contributed by atoms with Gasteiger partial charge in [-0.1, -0.05) is 84.9 Å². The number of hydrogen-bond acceptors (Lipinski definition) is 3. The van der Waals surface area contributed by atoms with Gasteiger partial charge in [-0.3, -0.25) is 10.9 Å². The van der Waals surface area contributed by atoms with Crippen molar-refractivity contribution in [1.29, 1.82) is 0 Å². The molecule has 0 radical (unpaired) electrons. The van der Waals surface area contributed by atoms with E-state index >= 15 is 0 Å². The number of hydrazone groups is 2. The van der Waals surface area contributed by atoms with Gasteiger partial charge in [-0.15, -0.1) is 0 Å². The average molecular weight is 382 g/mol. The molecular weight excluding hydrogens is 364 g/mol. The van der Waals surface area contributed by atoms with Gasteiger partial charge in [0.25, 0.3) is 0 Å². The molecule has 136 valence electrons. The van der Waals surface area contributed by atoms with Gasteiger partial charge in [-0.2, -0.15) is 10.2 Å². The van der Waals surface area contributed by atoms with Gasteiger partial charge in [0.05, 0.1) is 12.4 Å². The van der Waals surface area contributed by atoms with Gasteiger partial charge in [-0.05, 0) is 33.8 Å². The molecule has 0 atom stereocenters. The zero-order valence-electron chi connectivity index (χ0n) is 15.0. The standard InChI is InChI=1S/C23H18N4S/c28-23(26-24-15-19-11-5-9-17-7-1-3-13-21(17)19)27-25-16-20-12-6-10-18-8-2-4-14-22(18)20/h1-16H,(H2,26,27,28)/b24-15-,25-16+. The Bertz CT molecular complexity index is 1090. The number of nitrogens with one attached hydrogen (secondary N) is 2. The molecule has 0 spiro atoms. The Kier molecular flexibility index (Phi) is 5.36. The predicted octanol–water partition coefficient (Wildman–Crippen LogP) is 4.83. The van der Waals surface area contributed by atoms with E-state index in [0.29, 0.717) is 5.11 Å². The van der Waals surface area contributed by atoms with E-state index in [1.54, 1.807) is 12.4 Å². The monoisotopic (exact) mass is 382 g/mol. The second-order valence-electron chi connectivity index (χ2n) is 6.21. The van der Waals surface area contributed by atoms with Crippen LogP contribution in [0.25, 0.3) is 21.5 Å². The molecule has 0 heterocycles. The normalized spacial score (nSPS) is 11.4. The summed E-state index contributed by atoms with van der Waals surface area (Å²) in [7, 11) is 0. The highest BCUT2D eigenvalue weighted by Crippen LogP contribution is 2.17. The zero-order valence-corrected chi connectivity index (χ0v) is 15.9. The number of hydrogen-bond donors (Lipinski definition) is 2. The van der Waals surface area contributed by atoms with Gasteiger partial charge in [-0.25, -0.2) is 0 Å². The lowest BCUT2D eigenvalue weighted by atomic mass is 10.1. The molecule has 0 bridgehead atoms. The second-order valence-corrected chi connectivity index (χ2v) is 6.61. The maximum absolute atomic E-state index is 5.23. The molecular formula is C23H18N4S. The minimum atomic E-state index is 0.327. The van der Waals surface area contributed by atoms with Crippen molar-refractivity contribution in [3.05, 3.63) is 96.1 Å². The molecule has 4 aromatic rings. The fraction of sp³-hybridized carbons (Fsp3) is 0. The third-order valence-electron chi connectivity index (χ3n) is 4.39. The smallest absolute Gasteiger partial charge is 0.207 e. The predicted molar refractivity (Wildman–Crippen MR) is 122 cm³/mol. The Balaban J connectivity index is 1.39. The quantitative estimate of drug-likeness (QED) is 0.302. The van der Waals surface area contributed by atoms with Crippen molar-refractivity contribution in [1.82, 2.24) is 10.9 Å². The molecule has 0 aliphatic carbocycles. The fourth-order valence-electron chi connectivity index (χ4n) is 3.07. The van der Waals surface area contributed by atoms with Gasteiger partial charge in [0.2, 0.25) is 5.11 Å². The van der Waals surface area contributed by atoms with Crippen LogP contribution in [-0.4, -0.2) is 17.5 Å². The van der Waals surface area contributed by atoms with E-state index in [4.69, 9.17) is 12.2 Å². The molecule has 4 rings (SSSR count). The molecule has 0 fully saturated rings. The molecule has 2 N–H and O–H groups in total. The molecule has 0 unspecified atom stereocenters.